The lowest BCUT2D eigenvalue weighted by Crippen LogP contribution is -2.18. The van der Waals surface area contributed by atoms with Crippen molar-refractivity contribution >= 4 is 54.0 Å². The number of aryl methyl sites for hydroxylation is 2. The number of carbonyl (C=O) groups excluding carboxylic acids is 1. The summed E-state index contributed by atoms with van der Waals surface area (Å²) in [4.78, 5) is 24.9. The lowest BCUT2D eigenvalue weighted by atomic mass is 10.2. The molecule has 1 N–H and O–H groups in total. The molecular weight excluding hydrogens is 456 g/mol. The van der Waals surface area contributed by atoms with E-state index in [1.807, 2.05) is 38.1 Å². The first-order chi connectivity index (χ1) is 14.7. The quantitative estimate of drug-likeness (QED) is 0.426. The summed E-state index contributed by atoms with van der Waals surface area (Å²) < 4.78 is 26.5. The number of sulfone groups is 1. The van der Waals surface area contributed by atoms with Gasteiger partial charge in [0.25, 0.3) is 5.91 Å². The third-order valence-corrected chi connectivity index (χ3v) is 7.10. The molecule has 7 nitrogen and oxygen atoms in total. The Labute approximate surface area is 188 Å². The van der Waals surface area contributed by atoms with Crippen molar-refractivity contribution in [3.05, 3.63) is 76.1 Å². The maximum Gasteiger partial charge on any atom is 0.277 e. The monoisotopic (exact) mass is 472 g/mol. The van der Waals surface area contributed by atoms with E-state index in [1.165, 1.54) is 11.3 Å². The van der Waals surface area contributed by atoms with Gasteiger partial charge >= 0.3 is 0 Å². The third-order valence-electron chi connectivity index (χ3n) is 4.42. The second kappa shape index (κ2) is 8.33. The van der Waals surface area contributed by atoms with E-state index in [-0.39, 0.29) is 16.5 Å². The molecule has 2 heterocycles. The van der Waals surface area contributed by atoms with E-state index in [0.717, 1.165) is 27.5 Å². The Morgan fingerprint density at radius 1 is 1.10 bits per heavy atom. The highest BCUT2D eigenvalue weighted by Crippen LogP contribution is 2.27. The van der Waals surface area contributed by atoms with E-state index in [1.54, 1.807) is 18.2 Å². The summed E-state index contributed by atoms with van der Waals surface area (Å²) in [6.45, 7) is 3.84. The molecule has 0 fully saturated rings. The van der Waals surface area contributed by atoms with Gasteiger partial charge in [0.05, 0.1) is 27.2 Å². The number of fused-ring (bicyclic) bond motifs is 1. The van der Waals surface area contributed by atoms with Crippen LogP contribution in [0, 0.1) is 13.8 Å². The smallest absolute Gasteiger partial charge is 0.277 e. The first-order valence-corrected chi connectivity index (χ1v) is 12.1. The van der Waals surface area contributed by atoms with Crippen molar-refractivity contribution in [2.75, 3.05) is 5.32 Å². The zero-order valence-electron chi connectivity index (χ0n) is 16.6. The van der Waals surface area contributed by atoms with E-state index in [0.29, 0.717) is 10.7 Å². The average Bonchev–Trinajstić information content (AvgIpc) is 3.09. The van der Waals surface area contributed by atoms with Gasteiger partial charge in [-0.2, -0.15) is 0 Å². The molecule has 10 heteroatoms. The van der Waals surface area contributed by atoms with Crippen LogP contribution in [-0.4, -0.2) is 29.3 Å². The standard InChI is InChI=1S/C21H17ClN4O3S2/c1-12-4-3-5-14(8-12)11-31(28,29)21-23-10-15(22)18(25-21)19(27)26-20-24-16-7-6-13(2)9-17(16)30-20/h3-10H,11H2,1-2H3,(H,24,26,27). The molecule has 4 rings (SSSR count). The highest BCUT2D eigenvalue weighted by Gasteiger charge is 2.23. The lowest BCUT2D eigenvalue weighted by molar-refractivity contribution is 0.102. The maximum atomic E-state index is 12.8. The summed E-state index contributed by atoms with van der Waals surface area (Å²) in [5.74, 6) is -0.940. The van der Waals surface area contributed by atoms with Crippen molar-refractivity contribution in [2.24, 2.45) is 0 Å². The number of thiazole rings is 1. The summed E-state index contributed by atoms with van der Waals surface area (Å²) in [6.07, 6.45) is 1.12. The van der Waals surface area contributed by atoms with Crippen molar-refractivity contribution in [3.8, 4) is 0 Å². The Hall–Kier alpha value is -2.88. The molecule has 0 bridgehead atoms. The first-order valence-electron chi connectivity index (χ1n) is 9.21. The van der Waals surface area contributed by atoms with Crippen LogP contribution in [0.1, 0.15) is 27.2 Å². The second-order valence-electron chi connectivity index (χ2n) is 7.04. The Morgan fingerprint density at radius 2 is 1.87 bits per heavy atom. The summed E-state index contributed by atoms with van der Waals surface area (Å²) in [7, 11) is -3.87. The van der Waals surface area contributed by atoms with Crippen LogP contribution in [0.3, 0.4) is 0 Å². The number of rotatable bonds is 5. The van der Waals surface area contributed by atoms with Crippen molar-refractivity contribution in [3.63, 3.8) is 0 Å². The average molecular weight is 473 g/mol. The van der Waals surface area contributed by atoms with Gasteiger partial charge in [0.15, 0.2) is 10.8 Å². The fourth-order valence-corrected chi connectivity index (χ4v) is 5.31. The van der Waals surface area contributed by atoms with Gasteiger partial charge in [-0.1, -0.05) is 58.8 Å². The molecule has 0 radical (unpaired) electrons. The lowest BCUT2D eigenvalue weighted by Gasteiger charge is -2.07. The number of benzene rings is 2. The zero-order chi connectivity index (χ0) is 22.2. The van der Waals surface area contributed by atoms with Gasteiger partial charge in [0.2, 0.25) is 15.0 Å². The Bertz CT molecular complexity index is 1420. The summed E-state index contributed by atoms with van der Waals surface area (Å²) >= 11 is 7.40. The predicted molar refractivity (Wildman–Crippen MR) is 121 cm³/mol. The van der Waals surface area contributed by atoms with Crippen LogP contribution in [0.4, 0.5) is 5.13 Å². The van der Waals surface area contributed by atoms with Gasteiger partial charge in [0.1, 0.15) is 0 Å². The number of halogens is 1. The summed E-state index contributed by atoms with van der Waals surface area (Å²) in [5.41, 5.74) is 3.15. The van der Waals surface area contributed by atoms with Crippen LogP contribution >= 0.6 is 22.9 Å². The number of amides is 1. The summed E-state index contributed by atoms with van der Waals surface area (Å²) in [5, 5.41) is 2.50. The normalized spacial score (nSPS) is 11.6. The number of carbonyl (C=O) groups is 1. The Morgan fingerprint density at radius 3 is 2.65 bits per heavy atom. The molecule has 0 atom stereocenters. The maximum absolute atomic E-state index is 12.8. The van der Waals surface area contributed by atoms with Gasteiger partial charge in [-0.15, -0.1) is 0 Å². The van der Waals surface area contributed by atoms with Crippen LogP contribution in [0.15, 0.2) is 53.8 Å². The fourth-order valence-electron chi connectivity index (χ4n) is 2.99. The third kappa shape index (κ3) is 4.73. The first kappa shape index (κ1) is 21.4. The molecule has 0 unspecified atom stereocenters. The number of hydrogen-bond acceptors (Lipinski definition) is 7. The van der Waals surface area contributed by atoms with Gasteiger partial charge in [-0.25, -0.2) is 23.4 Å². The fraction of sp³-hybridized carbons (Fsp3) is 0.143. The Kier molecular flexibility index (Phi) is 5.74. The highest BCUT2D eigenvalue weighted by molar-refractivity contribution is 7.90. The summed E-state index contributed by atoms with van der Waals surface area (Å²) in [6, 6.07) is 12.9. The molecule has 2 aromatic heterocycles. The van der Waals surface area contributed by atoms with E-state index in [2.05, 4.69) is 20.3 Å². The molecule has 1 amide bonds. The van der Waals surface area contributed by atoms with Crippen LogP contribution in [0.25, 0.3) is 10.2 Å². The van der Waals surface area contributed by atoms with E-state index in [9.17, 15) is 13.2 Å². The molecular formula is C21H17ClN4O3S2. The minimum absolute atomic E-state index is 0.0519. The molecule has 2 aromatic carbocycles. The topological polar surface area (TPSA) is 102 Å². The molecule has 31 heavy (non-hydrogen) atoms. The minimum atomic E-state index is -3.87. The molecule has 0 spiro atoms. The highest BCUT2D eigenvalue weighted by atomic mass is 35.5. The van der Waals surface area contributed by atoms with E-state index < -0.39 is 20.9 Å². The molecule has 0 saturated carbocycles. The zero-order valence-corrected chi connectivity index (χ0v) is 19.0. The van der Waals surface area contributed by atoms with Gasteiger partial charge in [0, 0.05) is 0 Å². The molecule has 158 valence electrons. The largest absolute Gasteiger partial charge is 0.296 e. The van der Waals surface area contributed by atoms with Gasteiger partial charge in [-0.05, 0) is 37.1 Å². The molecule has 0 aliphatic rings. The molecule has 0 aliphatic carbocycles. The van der Waals surface area contributed by atoms with Gasteiger partial charge < -0.3 is 0 Å². The molecule has 0 saturated heterocycles. The SMILES string of the molecule is Cc1cccc(CS(=O)(=O)c2ncc(Cl)c(C(=O)Nc3nc4ccc(C)cc4s3)n2)c1. The number of hydrogen-bond donors (Lipinski definition) is 1. The van der Waals surface area contributed by atoms with Crippen molar-refractivity contribution < 1.29 is 13.2 Å². The number of aromatic nitrogens is 3. The predicted octanol–water partition coefficient (Wildman–Crippen LogP) is 4.58. The van der Waals surface area contributed by atoms with Crippen LogP contribution < -0.4 is 5.32 Å². The number of nitrogens with one attached hydrogen (secondary N) is 1. The van der Waals surface area contributed by atoms with E-state index >= 15 is 0 Å². The van der Waals surface area contributed by atoms with Crippen molar-refractivity contribution in [1.82, 2.24) is 15.0 Å². The van der Waals surface area contributed by atoms with Crippen LogP contribution in [0.5, 0.6) is 0 Å². The van der Waals surface area contributed by atoms with Crippen LogP contribution in [0.2, 0.25) is 5.02 Å². The number of nitrogens with zero attached hydrogens (tertiary/aromatic N) is 3. The second-order valence-corrected chi connectivity index (χ2v) is 10.4. The number of anilines is 1. The Balaban J connectivity index is 1.61. The van der Waals surface area contributed by atoms with Gasteiger partial charge in [-0.3, -0.25) is 10.1 Å². The van der Waals surface area contributed by atoms with Crippen molar-refractivity contribution in [2.45, 2.75) is 24.8 Å². The molecule has 0 aliphatic heterocycles. The van der Waals surface area contributed by atoms with E-state index in [4.69, 9.17) is 11.6 Å². The minimum Gasteiger partial charge on any atom is -0.296 e. The van der Waals surface area contributed by atoms with Crippen LogP contribution in [-0.2, 0) is 15.6 Å². The molecule has 4 aromatic rings. The van der Waals surface area contributed by atoms with Crippen molar-refractivity contribution in [1.29, 1.82) is 0 Å².